The van der Waals surface area contributed by atoms with Crippen molar-refractivity contribution in [3.05, 3.63) is 33.8 Å². The van der Waals surface area contributed by atoms with Crippen LogP contribution in [0.15, 0.2) is 22.7 Å². The van der Waals surface area contributed by atoms with E-state index < -0.39 is 0 Å². The van der Waals surface area contributed by atoms with Gasteiger partial charge in [-0.25, -0.2) is 4.79 Å². The van der Waals surface area contributed by atoms with Gasteiger partial charge in [0.2, 0.25) is 0 Å². The van der Waals surface area contributed by atoms with Crippen molar-refractivity contribution in [2.24, 2.45) is 0 Å². The minimum atomic E-state index is -0.238. The first-order valence-corrected chi connectivity index (χ1v) is 5.50. The van der Waals surface area contributed by atoms with Crippen LogP contribution in [-0.2, 0) is 4.74 Å². The number of alkyl halides is 1. The largest absolute Gasteiger partial charge is 0.461 e. The molecule has 0 fully saturated rings. The second-order valence-electron chi connectivity index (χ2n) is 2.80. The average molecular weight is 306 g/mol. The Morgan fingerprint density at radius 2 is 2.23 bits per heavy atom. The number of ether oxygens (including phenoxy) is 1. The summed E-state index contributed by atoms with van der Waals surface area (Å²) in [5, 5.41) is 0. The minimum absolute atomic E-state index is 0.109. The van der Waals surface area contributed by atoms with Gasteiger partial charge < -0.3 is 4.74 Å². The zero-order valence-electron chi connectivity index (χ0n) is 6.59. The Kier molecular flexibility index (Phi) is 2.43. The molecule has 0 bridgehead atoms. The lowest BCUT2D eigenvalue weighted by Crippen LogP contribution is -2.19. The Morgan fingerprint density at radius 1 is 1.46 bits per heavy atom. The van der Waals surface area contributed by atoms with Crippen molar-refractivity contribution < 1.29 is 9.53 Å². The van der Waals surface area contributed by atoms with Gasteiger partial charge in [-0.3, -0.25) is 0 Å². The highest BCUT2D eigenvalue weighted by Crippen LogP contribution is 2.32. The summed E-state index contributed by atoms with van der Waals surface area (Å²) in [6.45, 7) is 0.405. The van der Waals surface area contributed by atoms with Crippen molar-refractivity contribution in [1.29, 1.82) is 0 Å². The number of benzene rings is 1. The topological polar surface area (TPSA) is 26.3 Å². The molecule has 1 unspecified atom stereocenters. The van der Waals surface area contributed by atoms with Crippen LogP contribution in [0.2, 0.25) is 0 Å². The van der Waals surface area contributed by atoms with E-state index in [9.17, 15) is 4.79 Å². The molecule has 0 radical (unpaired) electrons. The molecule has 2 nitrogen and oxygen atoms in total. The lowest BCUT2D eigenvalue weighted by molar-refractivity contribution is 0.0478. The van der Waals surface area contributed by atoms with Gasteiger partial charge >= 0.3 is 5.97 Å². The van der Waals surface area contributed by atoms with Crippen LogP contribution >= 0.6 is 31.9 Å². The number of halogens is 2. The standard InChI is InChI=1S/C9H6Br2O2/c10-5-1-2-6-7(3-5)8(11)4-13-9(6)12/h1-3,8H,4H2. The Morgan fingerprint density at radius 3 is 3.00 bits per heavy atom. The highest BCUT2D eigenvalue weighted by Gasteiger charge is 2.24. The van der Waals surface area contributed by atoms with Crippen LogP contribution in [0.25, 0.3) is 0 Å². The molecule has 1 aromatic rings. The van der Waals surface area contributed by atoms with Crippen molar-refractivity contribution in [1.82, 2.24) is 0 Å². The van der Waals surface area contributed by atoms with E-state index in [0.717, 1.165) is 10.0 Å². The fourth-order valence-corrected chi connectivity index (χ4v) is 2.18. The molecule has 0 N–H and O–H groups in total. The molecule has 1 atom stereocenters. The molecule has 1 aliphatic rings. The van der Waals surface area contributed by atoms with Crippen molar-refractivity contribution in [3.63, 3.8) is 0 Å². The summed E-state index contributed by atoms with van der Waals surface area (Å²) in [5.41, 5.74) is 1.64. The molecule has 1 aliphatic heterocycles. The summed E-state index contributed by atoms with van der Waals surface area (Å²) in [7, 11) is 0. The summed E-state index contributed by atoms with van der Waals surface area (Å²) >= 11 is 6.82. The average Bonchev–Trinajstić information content (AvgIpc) is 2.12. The molecule has 0 saturated carbocycles. The molecule has 1 aromatic carbocycles. The first-order valence-electron chi connectivity index (χ1n) is 3.79. The van der Waals surface area contributed by atoms with Crippen LogP contribution in [0.3, 0.4) is 0 Å². The van der Waals surface area contributed by atoms with Gasteiger partial charge in [0.1, 0.15) is 6.61 Å². The SMILES string of the molecule is O=C1OCC(Br)c2cc(Br)ccc21. The first-order chi connectivity index (χ1) is 6.18. The van der Waals surface area contributed by atoms with Crippen LogP contribution < -0.4 is 0 Å². The fourth-order valence-electron chi connectivity index (χ4n) is 1.30. The molecule has 4 heteroatoms. The number of fused-ring (bicyclic) bond motifs is 1. The molecule has 0 aromatic heterocycles. The molecule has 68 valence electrons. The lowest BCUT2D eigenvalue weighted by Gasteiger charge is -2.20. The number of rotatable bonds is 0. The van der Waals surface area contributed by atoms with E-state index in [4.69, 9.17) is 4.74 Å². The molecule has 13 heavy (non-hydrogen) atoms. The first kappa shape index (κ1) is 9.21. The summed E-state index contributed by atoms with van der Waals surface area (Å²) in [6.07, 6.45) is 0. The lowest BCUT2D eigenvalue weighted by atomic mass is 10.0. The Hall–Kier alpha value is -0.350. The maximum absolute atomic E-state index is 11.3. The predicted octanol–water partition coefficient (Wildman–Crippen LogP) is 3.06. The third-order valence-corrected chi connectivity index (χ3v) is 3.18. The number of carbonyl (C=O) groups is 1. The van der Waals surface area contributed by atoms with E-state index in [2.05, 4.69) is 31.9 Å². The maximum atomic E-state index is 11.3. The smallest absolute Gasteiger partial charge is 0.338 e. The van der Waals surface area contributed by atoms with Gasteiger partial charge in [0.15, 0.2) is 0 Å². The molecule has 0 spiro atoms. The number of carbonyl (C=O) groups excluding carboxylic acids is 1. The molecule has 1 heterocycles. The van der Waals surface area contributed by atoms with Gasteiger partial charge in [-0.2, -0.15) is 0 Å². The van der Waals surface area contributed by atoms with Crippen molar-refractivity contribution in [3.8, 4) is 0 Å². The quantitative estimate of drug-likeness (QED) is 0.544. The predicted molar refractivity (Wildman–Crippen MR) is 56.1 cm³/mol. The Bertz CT molecular complexity index is 363. The zero-order valence-corrected chi connectivity index (χ0v) is 9.76. The van der Waals surface area contributed by atoms with Gasteiger partial charge in [0, 0.05) is 4.47 Å². The summed E-state index contributed by atoms with van der Waals surface area (Å²) in [5.74, 6) is -0.238. The third-order valence-electron chi connectivity index (χ3n) is 1.93. The molecule has 0 saturated heterocycles. The number of hydrogen-bond donors (Lipinski definition) is 0. The molecular weight excluding hydrogens is 300 g/mol. The van der Waals surface area contributed by atoms with Gasteiger partial charge in [-0.05, 0) is 23.8 Å². The van der Waals surface area contributed by atoms with E-state index in [1.807, 2.05) is 12.1 Å². The monoisotopic (exact) mass is 304 g/mol. The summed E-state index contributed by atoms with van der Waals surface area (Å²) in [4.78, 5) is 11.4. The van der Waals surface area contributed by atoms with Gasteiger partial charge in [-0.15, -0.1) is 0 Å². The van der Waals surface area contributed by atoms with Gasteiger partial charge in [0.05, 0.1) is 10.4 Å². The van der Waals surface area contributed by atoms with E-state index in [0.29, 0.717) is 12.2 Å². The summed E-state index contributed by atoms with van der Waals surface area (Å²) in [6, 6.07) is 5.55. The normalized spacial score (nSPS) is 20.8. The van der Waals surface area contributed by atoms with E-state index >= 15 is 0 Å². The number of esters is 1. The van der Waals surface area contributed by atoms with Crippen molar-refractivity contribution >= 4 is 37.8 Å². The van der Waals surface area contributed by atoms with E-state index in [1.54, 1.807) is 6.07 Å². The minimum Gasteiger partial charge on any atom is -0.461 e. The molecule has 0 aliphatic carbocycles. The Labute approximate surface area is 92.5 Å². The zero-order chi connectivity index (χ0) is 9.42. The molecular formula is C9H6Br2O2. The second-order valence-corrected chi connectivity index (χ2v) is 4.82. The van der Waals surface area contributed by atoms with Crippen LogP contribution in [0.1, 0.15) is 20.7 Å². The van der Waals surface area contributed by atoms with Crippen LogP contribution in [-0.4, -0.2) is 12.6 Å². The molecule has 2 rings (SSSR count). The van der Waals surface area contributed by atoms with Crippen molar-refractivity contribution in [2.75, 3.05) is 6.61 Å². The van der Waals surface area contributed by atoms with Crippen LogP contribution in [0.4, 0.5) is 0 Å². The van der Waals surface area contributed by atoms with Gasteiger partial charge in [-0.1, -0.05) is 31.9 Å². The molecule has 0 amide bonds. The van der Waals surface area contributed by atoms with Crippen LogP contribution in [0, 0.1) is 0 Å². The third kappa shape index (κ3) is 1.65. The number of cyclic esters (lactones) is 1. The Balaban J connectivity index is 2.57. The number of hydrogen-bond acceptors (Lipinski definition) is 2. The van der Waals surface area contributed by atoms with Crippen molar-refractivity contribution in [2.45, 2.75) is 4.83 Å². The maximum Gasteiger partial charge on any atom is 0.338 e. The van der Waals surface area contributed by atoms with E-state index in [-0.39, 0.29) is 10.8 Å². The summed E-state index contributed by atoms with van der Waals surface area (Å²) < 4.78 is 5.93. The van der Waals surface area contributed by atoms with E-state index in [1.165, 1.54) is 0 Å². The highest BCUT2D eigenvalue weighted by atomic mass is 79.9. The fraction of sp³-hybridized carbons (Fsp3) is 0.222. The van der Waals surface area contributed by atoms with Gasteiger partial charge in [0.25, 0.3) is 0 Å². The highest BCUT2D eigenvalue weighted by molar-refractivity contribution is 9.10. The van der Waals surface area contributed by atoms with Crippen LogP contribution in [0.5, 0.6) is 0 Å². The second kappa shape index (κ2) is 3.42.